The van der Waals surface area contributed by atoms with Crippen molar-refractivity contribution in [3.05, 3.63) is 71.9 Å². The maximum Gasteiger partial charge on any atom is 0.00636 e. The van der Waals surface area contributed by atoms with Gasteiger partial charge in [-0.15, -0.1) is 0 Å². The fourth-order valence-electron chi connectivity index (χ4n) is 5.80. The van der Waals surface area contributed by atoms with E-state index >= 15 is 0 Å². The zero-order chi connectivity index (χ0) is 12.8. The minimum Gasteiger partial charge on any atom is -0.0807 e. The van der Waals surface area contributed by atoms with Gasteiger partial charge in [0, 0.05) is 11.8 Å². The van der Waals surface area contributed by atoms with Crippen molar-refractivity contribution in [3.8, 4) is 0 Å². The molecule has 0 aliphatic heterocycles. The number of allylic oxidation sites excluding steroid dienone is 12. The van der Waals surface area contributed by atoms with Crippen LogP contribution in [-0.4, -0.2) is 0 Å². The summed E-state index contributed by atoms with van der Waals surface area (Å²) in [6.45, 7) is 0. The molecule has 0 nitrogen and oxygen atoms in total. The Hall–Kier alpha value is -1.56. The molecule has 0 unspecified atom stereocenters. The highest BCUT2D eigenvalue weighted by molar-refractivity contribution is 5.53. The van der Waals surface area contributed by atoms with Gasteiger partial charge in [-0.3, -0.25) is 0 Å². The van der Waals surface area contributed by atoms with Crippen molar-refractivity contribution >= 4 is 0 Å². The molecular weight excluding hydrogens is 240 g/mol. The minimum atomic E-state index is 0.696. The van der Waals surface area contributed by atoms with Gasteiger partial charge >= 0.3 is 0 Å². The summed E-state index contributed by atoms with van der Waals surface area (Å²) in [5.41, 5.74) is 3.34. The van der Waals surface area contributed by atoms with Crippen LogP contribution in [0.5, 0.6) is 0 Å². The normalized spacial score (nSPS) is 54.8. The van der Waals surface area contributed by atoms with Crippen LogP contribution in [0.4, 0.5) is 0 Å². The Bertz CT molecular complexity index is 621. The summed E-state index contributed by atoms with van der Waals surface area (Å²) in [4.78, 5) is 0. The van der Waals surface area contributed by atoms with Gasteiger partial charge in [0.25, 0.3) is 0 Å². The average Bonchev–Trinajstić information content (AvgIpc) is 3.18. The topological polar surface area (TPSA) is 0 Å². The largest absolute Gasteiger partial charge is 0.0807 e. The summed E-state index contributed by atoms with van der Waals surface area (Å²) < 4.78 is 0. The van der Waals surface area contributed by atoms with E-state index in [-0.39, 0.29) is 0 Å². The van der Waals surface area contributed by atoms with Gasteiger partial charge in [0.1, 0.15) is 0 Å². The molecule has 98 valence electrons. The highest BCUT2D eigenvalue weighted by Crippen LogP contribution is 2.59. The van der Waals surface area contributed by atoms with E-state index in [1.54, 1.807) is 11.1 Å². The maximum atomic E-state index is 2.59. The molecule has 8 atom stereocenters. The molecule has 0 aromatic rings. The van der Waals surface area contributed by atoms with Crippen molar-refractivity contribution in [3.63, 3.8) is 0 Å². The van der Waals surface area contributed by atoms with Gasteiger partial charge in [-0.2, -0.15) is 0 Å². The SMILES string of the molecule is C1=C[C@H]2C=C(C3=C[C@@H]4C=C[C@H]5C=C[C@H]3[C@H]54)[C@H]3C=C[C@H]1[C@H]23. The van der Waals surface area contributed by atoms with Crippen molar-refractivity contribution in [2.75, 3.05) is 0 Å². The highest BCUT2D eigenvalue weighted by atomic mass is 14.5. The van der Waals surface area contributed by atoms with E-state index in [1.165, 1.54) is 0 Å². The third-order valence-electron chi connectivity index (χ3n) is 6.60. The molecular formula is C20H18. The summed E-state index contributed by atoms with van der Waals surface area (Å²) in [7, 11) is 0. The Balaban J connectivity index is 1.47. The molecule has 0 spiro atoms. The second kappa shape index (κ2) is 3.19. The predicted molar refractivity (Wildman–Crippen MR) is 80.6 cm³/mol. The molecule has 0 N–H and O–H groups in total. The lowest BCUT2D eigenvalue weighted by atomic mass is 9.81. The van der Waals surface area contributed by atoms with Gasteiger partial charge in [0.05, 0.1) is 0 Å². The van der Waals surface area contributed by atoms with Crippen LogP contribution >= 0.6 is 0 Å². The molecule has 0 aromatic heterocycles. The van der Waals surface area contributed by atoms with Crippen LogP contribution in [0.3, 0.4) is 0 Å². The van der Waals surface area contributed by atoms with E-state index in [0.717, 1.165) is 11.8 Å². The lowest BCUT2D eigenvalue weighted by Gasteiger charge is -2.22. The van der Waals surface area contributed by atoms with Gasteiger partial charge in [-0.05, 0) is 46.7 Å². The molecule has 6 aliphatic carbocycles. The van der Waals surface area contributed by atoms with Crippen molar-refractivity contribution in [1.29, 1.82) is 0 Å². The molecule has 20 heavy (non-hydrogen) atoms. The van der Waals surface area contributed by atoms with Crippen LogP contribution in [0, 0.1) is 47.3 Å². The van der Waals surface area contributed by atoms with Gasteiger partial charge < -0.3 is 0 Å². The Morgan fingerprint density at radius 1 is 0.450 bits per heavy atom. The van der Waals surface area contributed by atoms with Crippen LogP contribution in [0.1, 0.15) is 0 Å². The molecule has 0 heterocycles. The van der Waals surface area contributed by atoms with Crippen LogP contribution < -0.4 is 0 Å². The monoisotopic (exact) mass is 258 g/mol. The van der Waals surface area contributed by atoms with Crippen molar-refractivity contribution in [1.82, 2.24) is 0 Å². The zero-order valence-corrected chi connectivity index (χ0v) is 11.4. The predicted octanol–water partition coefficient (Wildman–Crippen LogP) is 4.08. The van der Waals surface area contributed by atoms with Gasteiger partial charge in [-0.1, -0.05) is 60.8 Å². The second-order valence-corrected chi connectivity index (χ2v) is 7.30. The average molecular weight is 258 g/mol. The molecule has 6 rings (SSSR count). The first-order chi connectivity index (χ1) is 9.90. The molecule has 0 saturated heterocycles. The first-order valence-electron chi connectivity index (χ1n) is 8.07. The van der Waals surface area contributed by atoms with E-state index in [2.05, 4.69) is 60.8 Å². The van der Waals surface area contributed by atoms with Crippen LogP contribution in [0.2, 0.25) is 0 Å². The zero-order valence-electron chi connectivity index (χ0n) is 11.4. The van der Waals surface area contributed by atoms with E-state index in [1.807, 2.05) is 0 Å². The van der Waals surface area contributed by atoms with Gasteiger partial charge in [-0.25, -0.2) is 0 Å². The van der Waals surface area contributed by atoms with E-state index < -0.39 is 0 Å². The molecule has 0 aromatic carbocycles. The molecule has 0 saturated carbocycles. The third-order valence-corrected chi connectivity index (χ3v) is 6.60. The lowest BCUT2D eigenvalue weighted by molar-refractivity contribution is 0.398. The summed E-state index contributed by atoms with van der Waals surface area (Å²) in [6, 6.07) is 0. The standard InChI is InChI=1S/C20H18/c1-3-13-9-17(15-7-5-11(1)19(13)15)18-10-14-4-2-12-6-8-16(18)20(12)14/h1-16,19-20H/t11-,12-,13-,14-,15+,16+,19+,20+/m0/s1. The summed E-state index contributed by atoms with van der Waals surface area (Å²) >= 11 is 0. The summed E-state index contributed by atoms with van der Waals surface area (Å²) in [5, 5.41) is 0. The van der Waals surface area contributed by atoms with Crippen LogP contribution in [-0.2, 0) is 0 Å². The van der Waals surface area contributed by atoms with Crippen molar-refractivity contribution in [2.45, 2.75) is 0 Å². The fraction of sp³-hybridized carbons (Fsp3) is 0.400. The van der Waals surface area contributed by atoms with Crippen LogP contribution in [0.15, 0.2) is 71.9 Å². The number of hydrogen-bond donors (Lipinski definition) is 0. The van der Waals surface area contributed by atoms with Crippen LogP contribution in [0.25, 0.3) is 0 Å². The maximum absolute atomic E-state index is 2.59. The molecule has 0 amide bonds. The molecule has 0 radical (unpaired) electrons. The summed E-state index contributed by atoms with van der Waals surface area (Å²) in [6.07, 6.45) is 24.8. The summed E-state index contributed by atoms with van der Waals surface area (Å²) in [5.74, 6) is 5.87. The molecule has 0 heteroatoms. The fourth-order valence-corrected chi connectivity index (χ4v) is 5.80. The second-order valence-electron chi connectivity index (χ2n) is 7.30. The molecule has 6 aliphatic rings. The van der Waals surface area contributed by atoms with Crippen molar-refractivity contribution in [2.24, 2.45) is 47.3 Å². The highest BCUT2D eigenvalue weighted by Gasteiger charge is 2.50. The first kappa shape index (κ1) is 10.2. The smallest absolute Gasteiger partial charge is 0.00636 e. The Morgan fingerprint density at radius 3 is 1.35 bits per heavy atom. The third kappa shape index (κ3) is 1.01. The molecule has 0 bridgehead atoms. The first-order valence-corrected chi connectivity index (χ1v) is 8.07. The minimum absolute atomic E-state index is 0.696. The lowest BCUT2D eigenvalue weighted by Crippen LogP contribution is -2.16. The Morgan fingerprint density at radius 2 is 0.850 bits per heavy atom. The van der Waals surface area contributed by atoms with Crippen molar-refractivity contribution < 1.29 is 0 Å². The van der Waals surface area contributed by atoms with Gasteiger partial charge in [0.2, 0.25) is 0 Å². The van der Waals surface area contributed by atoms with E-state index in [4.69, 9.17) is 0 Å². The number of hydrogen-bond acceptors (Lipinski definition) is 0. The quantitative estimate of drug-likeness (QED) is 0.622. The van der Waals surface area contributed by atoms with Gasteiger partial charge in [0.15, 0.2) is 0 Å². The van der Waals surface area contributed by atoms with E-state index in [9.17, 15) is 0 Å². The number of rotatable bonds is 1. The molecule has 0 fully saturated rings. The Kier molecular flexibility index (Phi) is 1.63. The Labute approximate surface area is 120 Å². The van der Waals surface area contributed by atoms with E-state index in [0.29, 0.717) is 35.5 Å².